The molecule has 154 valence electrons. The molecular weight excluding hydrogens is 425 g/mol. The van der Waals surface area contributed by atoms with E-state index in [0.29, 0.717) is 21.8 Å². The molecule has 5 heteroatoms. The summed E-state index contributed by atoms with van der Waals surface area (Å²) in [5.74, 6) is 7.15. The molecule has 31 heavy (non-hydrogen) atoms. The molecule has 0 unspecified atom stereocenters. The fraction of sp³-hybridized carbons (Fsp3) is 0.154. The van der Waals surface area contributed by atoms with E-state index >= 15 is 0 Å². The molecule has 0 bridgehead atoms. The maximum absolute atomic E-state index is 6.45. The van der Waals surface area contributed by atoms with Crippen molar-refractivity contribution < 1.29 is 0 Å². The predicted octanol–water partition coefficient (Wildman–Crippen LogP) is 7.13. The van der Waals surface area contributed by atoms with E-state index in [0.717, 1.165) is 39.0 Å². The number of fused-ring (bicyclic) bond motifs is 1. The molecule has 0 aliphatic carbocycles. The van der Waals surface area contributed by atoms with E-state index < -0.39 is 0 Å². The summed E-state index contributed by atoms with van der Waals surface area (Å²) >= 11 is 12.4. The number of nitrogens with zero attached hydrogens (tertiary/aromatic N) is 2. The Morgan fingerprint density at radius 1 is 0.903 bits per heavy atom. The van der Waals surface area contributed by atoms with Crippen molar-refractivity contribution in [2.24, 2.45) is 0 Å². The van der Waals surface area contributed by atoms with Crippen LogP contribution < -0.4 is 5.32 Å². The summed E-state index contributed by atoms with van der Waals surface area (Å²) < 4.78 is 0. The smallest absolute Gasteiger partial charge is 0.132 e. The Morgan fingerprint density at radius 3 is 2.39 bits per heavy atom. The Kier molecular flexibility index (Phi) is 6.13. The van der Waals surface area contributed by atoms with Crippen LogP contribution in [0.25, 0.3) is 22.0 Å². The lowest BCUT2D eigenvalue weighted by molar-refractivity contribution is 0.891. The Bertz CT molecular complexity index is 1320. The van der Waals surface area contributed by atoms with E-state index in [2.05, 4.69) is 55.0 Å². The van der Waals surface area contributed by atoms with Gasteiger partial charge in [0.25, 0.3) is 0 Å². The summed E-state index contributed by atoms with van der Waals surface area (Å²) in [6, 6.07) is 17.9. The number of anilines is 1. The van der Waals surface area contributed by atoms with Crippen LogP contribution >= 0.6 is 23.2 Å². The molecule has 0 aliphatic rings. The van der Waals surface area contributed by atoms with Gasteiger partial charge in [0.15, 0.2) is 0 Å². The third kappa shape index (κ3) is 4.99. The Hall–Kier alpha value is -3.06. The normalized spacial score (nSPS) is 10.8. The van der Waals surface area contributed by atoms with Gasteiger partial charge in [0.2, 0.25) is 0 Å². The number of pyridine rings is 2. The molecule has 2 aromatic carbocycles. The zero-order valence-electron chi connectivity index (χ0n) is 17.5. The van der Waals surface area contributed by atoms with Crippen LogP contribution in [0.3, 0.4) is 0 Å². The minimum atomic E-state index is 0.331. The summed E-state index contributed by atoms with van der Waals surface area (Å²) in [4.78, 5) is 9.14. The van der Waals surface area contributed by atoms with Crippen LogP contribution in [-0.2, 0) is 0 Å². The van der Waals surface area contributed by atoms with Gasteiger partial charge in [0.05, 0.1) is 10.5 Å². The van der Waals surface area contributed by atoms with Crippen molar-refractivity contribution in [2.45, 2.75) is 26.8 Å². The Labute approximate surface area is 192 Å². The number of halogens is 2. The van der Waals surface area contributed by atoms with Crippen LogP contribution in [-0.4, -0.2) is 16.0 Å². The number of benzene rings is 2. The van der Waals surface area contributed by atoms with Gasteiger partial charge in [-0.25, -0.2) is 9.97 Å². The first-order valence-corrected chi connectivity index (χ1v) is 10.8. The summed E-state index contributed by atoms with van der Waals surface area (Å²) in [6.07, 6.45) is 1.77. The van der Waals surface area contributed by atoms with E-state index in [4.69, 9.17) is 28.2 Å². The Morgan fingerprint density at radius 2 is 1.68 bits per heavy atom. The molecule has 0 saturated carbocycles. The van der Waals surface area contributed by atoms with Crippen molar-refractivity contribution >= 4 is 39.9 Å². The lowest BCUT2D eigenvalue weighted by Gasteiger charge is -2.11. The fourth-order valence-corrected chi connectivity index (χ4v) is 3.64. The number of hydrogen-bond donors (Lipinski definition) is 1. The van der Waals surface area contributed by atoms with Crippen molar-refractivity contribution in [3.8, 4) is 23.0 Å². The first kappa shape index (κ1) is 21.2. The zero-order chi connectivity index (χ0) is 22.0. The van der Waals surface area contributed by atoms with E-state index in [-0.39, 0.29) is 0 Å². The average molecular weight is 446 g/mol. The average Bonchev–Trinajstić information content (AvgIpc) is 2.73. The first-order chi connectivity index (χ1) is 14.9. The highest BCUT2D eigenvalue weighted by atomic mass is 35.5. The molecule has 0 saturated heterocycles. The van der Waals surface area contributed by atoms with E-state index in [1.54, 1.807) is 6.20 Å². The van der Waals surface area contributed by atoms with Crippen molar-refractivity contribution in [2.75, 3.05) is 5.32 Å². The fourth-order valence-electron chi connectivity index (χ4n) is 3.30. The molecule has 0 spiro atoms. The topological polar surface area (TPSA) is 37.8 Å². The molecule has 0 aliphatic heterocycles. The van der Waals surface area contributed by atoms with Gasteiger partial charge in [-0.15, -0.1) is 0 Å². The quantitative estimate of drug-likeness (QED) is 0.340. The molecule has 0 amide bonds. The Balaban J connectivity index is 1.62. The molecule has 4 rings (SSSR count). The van der Waals surface area contributed by atoms with Crippen LogP contribution in [0.2, 0.25) is 10.0 Å². The number of aryl methyl sites for hydroxylation is 1. The van der Waals surface area contributed by atoms with Crippen molar-refractivity contribution in [3.05, 3.63) is 87.7 Å². The second-order valence-corrected chi connectivity index (χ2v) is 8.51. The lowest BCUT2D eigenvalue weighted by Crippen LogP contribution is -2.11. The van der Waals surface area contributed by atoms with Gasteiger partial charge in [0, 0.05) is 33.8 Å². The standard InChI is InChI=1S/C26H21Cl2N3/c1-16(2)30-26-12-17(3)22-13-18(4-10-24(22)31-26)5-11-25-23(28)14-20(15-29-25)19-6-8-21(27)9-7-19/h4,6-10,12-16H,1-3H3,(H,30,31). The van der Waals surface area contributed by atoms with Gasteiger partial charge < -0.3 is 5.32 Å². The third-order valence-electron chi connectivity index (χ3n) is 4.80. The number of hydrogen-bond acceptors (Lipinski definition) is 3. The number of nitrogens with one attached hydrogen (secondary N) is 1. The predicted molar refractivity (Wildman–Crippen MR) is 131 cm³/mol. The highest BCUT2D eigenvalue weighted by Gasteiger charge is 2.06. The van der Waals surface area contributed by atoms with Gasteiger partial charge in [0.1, 0.15) is 11.5 Å². The van der Waals surface area contributed by atoms with Gasteiger partial charge in [-0.1, -0.05) is 41.3 Å². The van der Waals surface area contributed by atoms with Crippen LogP contribution in [0.4, 0.5) is 5.82 Å². The van der Waals surface area contributed by atoms with Crippen LogP contribution in [0.1, 0.15) is 30.7 Å². The van der Waals surface area contributed by atoms with Gasteiger partial charge >= 0.3 is 0 Å². The maximum Gasteiger partial charge on any atom is 0.132 e. The monoisotopic (exact) mass is 445 g/mol. The maximum atomic E-state index is 6.45. The molecule has 1 N–H and O–H groups in total. The molecule has 3 nitrogen and oxygen atoms in total. The number of rotatable bonds is 3. The summed E-state index contributed by atoms with van der Waals surface area (Å²) in [5, 5.41) is 5.65. The van der Waals surface area contributed by atoms with Crippen LogP contribution in [0.15, 0.2) is 60.8 Å². The summed E-state index contributed by atoms with van der Waals surface area (Å²) in [6.45, 7) is 6.28. The molecule has 0 radical (unpaired) electrons. The minimum absolute atomic E-state index is 0.331. The van der Waals surface area contributed by atoms with E-state index in [1.165, 1.54) is 0 Å². The third-order valence-corrected chi connectivity index (χ3v) is 5.34. The largest absolute Gasteiger partial charge is 0.368 e. The molecule has 0 atom stereocenters. The summed E-state index contributed by atoms with van der Waals surface area (Å²) in [5.41, 5.74) is 5.46. The van der Waals surface area contributed by atoms with Crippen LogP contribution in [0.5, 0.6) is 0 Å². The molecule has 0 fully saturated rings. The minimum Gasteiger partial charge on any atom is -0.368 e. The molecule has 2 heterocycles. The molecule has 4 aromatic rings. The first-order valence-electron chi connectivity index (χ1n) is 10.0. The SMILES string of the molecule is Cc1cc(NC(C)C)nc2ccc(C#Cc3ncc(-c4ccc(Cl)cc4)cc3Cl)cc12. The van der Waals surface area contributed by atoms with Crippen molar-refractivity contribution in [3.63, 3.8) is 0 Å². The summed E-state index contributed by atoms with van der Waals surface area (Å²) in [7, 11) is 0. The van der Waals surface area contributed by atoms with E-state index in [1.807, 2.05) is 42.5 Å². The van der Waals surface area contributed by atoms with Gasteiger partial charge in [-0.3, -0.25) is 0 Å². The van der Waals surface area contributed by atoms with Crippen LogP contribution in [0, 0.1) is 18.8 Å². The molecular formula is C26H21Cl2N3. The molecule has 2 aromatic heterocycles. The van der Waals surface area contributed by atoms with Crippen molar-refractivity contribution in [1.29, 1.82) is 0 Å². The number of aromatic nitrogens is 2. The van der Waals surface area contributed by atoms with Crippen molar-refractivity contribution in [1.82, 2.24) is 9.97 Å². The van der Waals surface area contributed by atoms with Gasteiger partial charge in [-0.2, -0.15) is 0 Å². The van der Waals surface area contributed by atoms with Gasteiger partial charge in [-0.05, 0) is 80.3 Å². The van der Waals surface area contributed by atoms with E-state index in [9.17, 15) is 0 Å². The zero-order valence-corrected chi connectivity index (χ0v) is 19.0. The highest BCUT2D eigenvalue weighted by Crippen LogP contribution is 2.25. The highest BCUT2D eigenvalue weighted by molar-refractivity contribution is 6.32. The second-order valence-electron chi connectivity index (χ2n) is 7.67. The lowest BCUT2D eigenvalue weighted by atomic mass is 10.1. The second kappa shape index (κ2) is 8.98.